The molecule has 0 radical (unpaired) electrons. The molecule has 0 saturated heterocycles. The van der Waals surface area contributed by atoms with E-state index in [-0.39, 0.29) is 12.1 Å². The number of benzene rings is 1. The Hall–Kier alpha value is -1.36. The summed E-state index contributed by atoms with van der Waals surface area (Å²) in [5.41, 5.74) is 0.794. The van der Waals surface area contributed by atoms with Gasteiger partial charge in [-0.3, -0.25) is 0 Å². The Morgan fingerprint density at radius 2 is 1.80 bits per heavy atom. The number of carbonyl (C=O) groups excluding carboxylic acids is 1. The molecular weight excluding hydrogens is 332 g/mol. The SMILES string of the molecule is CC(C)(C)OC(=O)NC1CC(Nc2ccccc2SC2CCCC2)C1. The van der Waals surface area contributed by atoms with Gasteiger partial charge in [-0.15, -0.1) is 11.8 Å². The van der Waals surface area contributed by atoms with Crippen LogP contribution in [0.15, 0.2) is 29.2 Å². The molecule has 25 heavy (non-hydrogen) atoms. The van der Waals surface area contributed by atoms with Crippen LogP contribution in [-0.2, 0) is 4.74 Å². The summed E-state index contributed by atoms with van der Waals surface area (Å²) in [5.74, 6) is 0. The number of alkyl carbamates (subject to hydrolysis) is 1. The van der Waals surface area contributed by atoms with Gasteiger partial charge in [0.1, 0.15) is 5.60 Å². The van der Waals surface area contributed by atoms with Crippen molar-refractivity contribution >= 4 is 23.5 Å². The van der Waals surface area contributed by atoms with E-state index in [1.165, 1.54) is 36.3 Å². The van der Waals surface area contributed by atoms with Gasteiger partial charge in [-0.05, 0) is 58.6 Å². The molecule has 0 aromatic heterocycles. The standard InChI is InChI=1S/C20H30N2O2S/c1-20(2,3)24-19(23)22-15-12-14(13-15)21-17-10-6-7-11-18(17)25-16-8-4-5-9-16/h6-7,10-11,14-16,21H,4-5,8-9,12-13H2,1-3H3,(H,22,23). The highest BCUT2D eigenvalue weighted by Gasteiger charge is 2.32. The Kier molecular flexibility index (Phi) is 5.82. The molecule has 2 fully saturated rings. The zero-order chi connectivity index (χ0) is 17.9. The molecule has 0 atom stereocenters. The normalized spacial score (nSPS) is 23.8. The first-order chi connectivity index (χ1) is 11.9. The number of nitrogens with one attached hydrogen (secondary N) is 2. The largest absolute Gasteiger partial charge is 0.444 e. The third-order valence-corrected chi connectivity index (χ3v) is 6.12. The highest BCUT2D eigenvalue weighted by atomic mass is 32.2. The Labute approximate surface area is 155 Å². The molecule has 1 aromatic rings. The number of carbonyl (C=O) groups is 1. The van der Waals surface area contributed by atoms with Crippen molar-refractivity contribution in [3.63, 3.8) is 0 Å². The maximum absolute atomic E-state index is 11.8. The van der Waals surface area contributed by atoms with Crippen LogP contribution in [0.5, 0.6) is 0 Å². The molecule has 2 N–H and O–H groups in total. The third-order valence-electron chi connectivity index (χ3n) is 4.70. The van der Waals surface area contributed by atoms with Gasteiger partial charge in [0.15, 0.2) is 0 Å². The van der Waals surface area contributed by atoms with Gasteiger partial charge in [0, 0.05) is 27.9 Å². The second-order valence-electron chi connectivity index (χ2n) is 8.18. The first kappa shape index (κ1) is 18.4. The Morgan fingerprint density at radius 3 is 2.48 bits per heavy atom. The summed E-state index contributed by atoms with van der Waals surface area (Å²) in [4.78, 5) is 13.2. The lowest BCUT2D eigenvalue weighted by molar-refractivity contribution is 0.0475. The van der Waals surface area contributed by atoms with E-state index in [2.05, 4.69) is 34.9 Å². The van der Waals surface area contributed by atoms with Gasteiger partial charge in [0.05, 0.1) is 0 Å². The molecule has 0 bridgehead atoms. The summed E-state index contributed by atoms with van der Waals surface area (Å²) >= 11 is 2.02. The summed E-state index contributed by atoms with van der Waals surface area (Å²) < 4.78 is 5.32. The average molecular weight is 363 g/mol. The van der Waals surface area contributed by atoms with Crippen LogP contribution in [0.4, 0.5) is 10.5 Å². The quantitative estimate of drug-likeness (QED) is 0.757. The van der Waals surface area contributed by atoms with E-state index in [1.807, 2.05) is 32.5 Å². The number of rotatable bonds is 5. The van der Waals surface area contributed by atoms with Crippen LogP contribution < -0.4 is 10.6 Å². The van der Waals surface area contributed by atoms with Crippen molar-refractivity contribution in [1.29, 1.82) is 0 Å². The predicted octanol–water partition coefficient (Wildman–Crippen LogP) is 5.19. The van der Waals surface area contributed by atoms with Crippen LogP contribution >= 0.6 is 11.8 Å². The van der Waals surface area contributed by atoms with Gasteiger partial charge in [-0.1, -0.05) is 25.0 Å². The molecular formula is C20H30N2O2S. The van der Waals surface area contributed by atoms with Gasteiger partial charge in [-0.2, -0.15) is 0 Å². The first-order valence-corrected chi connectivity index (χ1v) is 10.3. The van der Waals surface area contributed by atoms with E-state index in [0.717, 1.165) is 18.1 Å². The van der Waals surface area contributed by atoms with Crippen LogP contribution in [-0.4, -0.2) is 29.0 Å². The van der Waals surface area contributed by atoms with E-state index in [0.29, 0.717) is 6.04 Å². The molecule has 3 rings (SSSR count). The van der Waals surface area contributed by atoms with Crippen LogP contribution in [0, 0.1) is 0 Å². The minimum atomic E-state index is -0.443. The van der Waals surface area contributed by atoms with Crippen LogP contribution in [0.3, 0.4) is 0 Å². The van der Waals surface area contributed by atoms with Crippen molar-refractivity contribution in [3.05, 3.63) is 24.3 Å². The number of anilines is 1. The fraction of sp³-hybridized carbons (Fsp3) is 0.650. The smallest absolute Gasteiger partial charge is 0.407 e. The molecule has 0 aliphatic heterocycles. The van der Waals surface area contributed by atoms with Crippen LogP contribution in [0.25, 0.3) is 0 Å². The first-order valence-electron chi connectivity index (χ1n) is 9.41. The highest BCUT2D eigenvalue weighted by molar-refractivity contribution is 8.00. The minimum Gasteiger partial charge on any atom is -0.444 e. The van der Waals surface area contributed by atoms with Gasteiger partial charge < -0.3 is 15.4 Å². The molecule has 2 aliphatic rings. The monoisotopic (exact) mass is 362 g/mol. The minimum absolute atomic E-state index is 0.210. The number of hydrogen-bond donors (Lipinski definition) is 2. The van der Waals surface area contributed by atoms with E-state index in [4.69, 9.17) is 4.74 Å². The maximum Gasteiger partial charge on any atom is 0.407 e. The number of thioether (sulfide) groups is 1. The second kappa shape index (κ2) is 7.90. The molecule has 2 aliphatic carbocycles. The summed E-state index contributed by atoms with van der Waals surface area (Å²) in [6.07, 6.45) is 6.99. The van der Waals surface area contributed by atoms with Crippen molar-refractivity contribution in [2.24, 2.45) is 0 Å². The van der Waals surface area contributed by atoms with Gasteiger partial charge >= 0.3 is 6.09 Å². The van der Waals surface area contributed by atoms with Crippen LogP contribution in [0.2, 0.25) is 0 Å². The van der Waals surface area contributed by atoms with E-state index in [9.17, 15) is 4.79 Å². The Morgan fingerprint density at radius 1 is 1.12 bits per heavy atom. The van der Waals surface area contributed by atoms with Gasteiger partial charge in [0.2, 0.25) is 0 Å². The molecule has 0 spiro atoms. The molecule has 4 nitrogen and oxygen atoms in total. The van der Waals surface area contributed by atoms with Crippen molar-refractivity contribution in [1.82, 2.24) is 5.32 Å². The average Bonchev–Trinajstić information content (AvgIpc) is 2.98. The number of hydrogen-bond acceptors (Lipinski definition) is 4. The van der Waals surface area contributed by atoms with Gasteiger partial charge in [0.25, 0.3) is 0 Å². The van der Waals surface area contributed by atoms with Crippen molar-refractivity contribution in [2.75, 3.05) is 5.32 Å². The Balaban J connectivity index is 1.46. The molecule has 1 aromatic carbocycles. The fourth-order valence-electron chi connectivity index (χ4n) is 3.42. The van der Waals surface area contributed by atoms with E-state index < -0.39 is 5.60 Å². The van der Waals surface area contributed by atoms with Crippen molar-refractivity contribution < 1.29 is 9.53 Å². The molecule has 5 heteroatoms. The third kappa shape index (κ3) is 5.56. The summed E-state index contributed by atoms with van der Waals surface area (Å²) in [7, 11) is 0. The van der Waals surface area contributed by atoms with E-state index in [1.54, 1.807) is 0 Å². The maximum atomic E-state index is 11.8. The fourth-order valence-corrected chi connectivity index (χ4v) is 4.76. The highest BCUT2D eigenvalue weighted by Crippen LogP contribution is 2.39. The number of ether oxygens (including phenoxy) is 1. The molecule has 0 heterocycles. The van der Waals surface area contributed by atoms with Crippen LogP contribution in [0.1, 0.15) is 59.3 Å². The Bertz CT molecular complexity index is 588. The molecule has 1 amide bonds. The van der Waals surface area contributed by atoms with Crippen molar-refractivity contribution in [2.45, 2.75) is 87.1 Å². The molecule has 2 saturated carbocycles. The number of para-hydroxylation sites is 1. The molecule has 138 valence electrons. The zero-order valence-corrected chi connectivity index (χ0v) is 16.3. The second-order valence-corrected chi connectivity index (χ2v) is 9.52. The molecule has 0 unspecified atom stereocenters. The van der Waals surface area contributed by atoms with E-state index >= 15 is 0 Å². The van der Waals surface area contributed by atoms with Crippen molar-refractivity contribution in [3.8, 4) is 0 Å². The summed E-state index contributed by atoms with van der Waals surface area (Å²) in [5, 5.41) is 7.38. The zero-order valence-electron chi connectivity index (χ0n) is 15.5. The topological polar surface area (TPSA) is 50.4 Å². The lowest BCUT2D eigenvalue weighted by atomic mass is 9.86. The summed E-state index contributed by atoms with van der Waals surface area (Å²) in [6, 6.07) is 9.24. The number of amides is 1. The lowest BCUT2D eigenvalue weighted by Gasteiger charge is -2.37. The lowest BCUT2D eigenvalue weighted by Crippen LogP contribution is -2.50. The summed E-state index contributed by atoms with van der Waals surface area (Å²) in [6.45, 7) is 5.66. The predicted molar refractivity (Wildman–Crippen MR) is 104 cm³/mol. The van der Waals surface area contributed by atoms with Gasteiger partial charge in [-0.25, -0.2) is 4.79 Å².